The number of hydrogen-bond donors (Lipinski definition) is 0. The molecule has 0 amide bonds. The molecule has 28 heavy (non-hydrogen) atoms. The first-order valence-corrected chi connectivity index (χ1v) is 11.0. The molecule has 0 aliphatic carbocycles. The van der Waals surface area contributed by atoms with Gasteiger partial charge in [0.2, 0.25) is 0 Å². The molecule has 4 nitrogen and oxygen atoms in total. The van der Waals surface area contributed by atoms with Gasteiger partial charge in [-0.25, -0.2) is 4.98 Å². The Morgan fingerprint density at radius 3 is 2.39 bits per heavy atom. The number of nitrogens with zero attached hydrogens (tertiary/aromatic N) is 2. The van der Waals surface area contributed by atoms with Crippen LogP contribution in [0.15, 0.2) is 43.0 Å². The van der Waals surface area contributed by atoms with Crippen molar-refractivity contribution in [1.29, 1.82) is 0 Å². The van der Waals surface area contributed by atoms with E-state index in [1.165, 1.54) is 44.9 Å². The lowest BCUT2D eigenvalue weighted by molar-refractivity contribution is -0.0333. The van der Waals surface area contributed by atoms with Gasteiger partial charge in [-0.05, 0) is 24.1 Å². The summed E-state index contributed by atoms with van der Waals surface area (Å²) in [7, 11) is 0. The summed E-state index contributed by atoms with van der Waals surface area (Å²) in [6.07, 6.45) is 16.1. The lowest BCUT2D eigenvalue weighted by atomic mass is 10.1. The van der Waals surface area contributed by atoms with E-state index in [9.17, 15) is 0 Å². The van der Waals surface area contributed by atoms with Crippen LogP contribution < -0.4 is 0 Å². The average molecular weight is 407 g/mol. The van der Waals surface area contributed by atoms with Gasteiger partial charge in [-0.3, -0.25) is 0 Å². The van der Waals surface area contributed by atoms with Crippen molar-refractivity contribution in [3.63, 3.8) is 0 Å². The first kappa shape index (κ1) is 22.9. The van der Waals surface area contributed by atoms with E-state index in [-0.39, 0.29) is 6.10 Å². The fraction of sp³-hybridized carbons (Fsp3) is 0.609. The molecule has 156 valence electrons. The van der Waals surface area contributed by atoms with Gasteiger partial charge in [0.15, 0.2) is 0 Å². The zero-order valence-corrected chi connectivity index (χ0v) is 17.9. The fourth-order valence-electron chi connectivity index (χ4n) is 3.13. The van der Waals surface area contributed by atoms with Crippen molar-refractivity contribution in [3.05, 3.63) is 53.6 Å². The van der Waals surface area contributed by atoms with Gasteiger partial charge in [0.05, 0.1) is 32.2 Å². The van der Waals surface area contributed by atoms with E-state index in [4.69, 9.17) is 21.1 Å². The molecule has 2 rings (SSSR count). The summed E-state index contributed by atoms with van der Waals surface area (Å²) in [5.41, 5.74) is 1.11. The van der Waals surface area contributed by atoms with Gasteiger partial charge in [-0.2, -0.15) is 0 Å². The van der Waals surface area contributed by atoms with Gasteiger partial charge in [0.1, 0.15) is 0 Å². The molecule has 0 saturated carbocycles. The number of aromatic nitrogens is 2. The Morgan fingerprint density at radius 1 is 1.00 bits per heavy atom. The van der Waals surface area contributed by atoms with Crippen LogP contribution in [0.3, 0.4) is 0 Å². The van der Waals surface area contributed by atoms with Crippen LogP contribution in [0.25, 0.3) is 0 Å². The highest BCUT2D eigenvalue weighted by atomic mass is 35.5. The summed E-state index contributed by atoms with van der Waals surface area (Å²) >= 11 is 5.95. The smallest absolute Gasteiger partial charge is 0.0991 e. The van der Waals surface area contributed by atoms with Crippen LogP contribution in [-0.4, -0.2) is 28.9 Å². The van der Waals surface area contributed by atoms with Gasteiger partial charge in [0.25, 0.3) is 0 Å². The van der Waals surface area contributed by atoms with E-state index in [0.29, 0.717) is 13.2 Å². The largest absolute Gasteiger partial charge is 0.379 e. The van der Waals surface area contributed by atoms with E-state index in [2.05, 4.69) is 11.9 Å². The third-order valence-electron chi connectivity index (χ3n) is 4.82. The van der Waals surface area contributed by atoms with Gasteiger partial charge in [-0.15, -0.1) is 0 Å². The number of unbranched alkanes of at least 4 members (excludes halogenated alkanes) is 7. The molecule has 2 aromatic rings. The summed E-state index contributed by atoms with van der Waals surface area (Å²) in [5.74, 6) is 0. The first-order valence-electron chi connectivity index (χ1n) is 10.7. The zero-order valence-electron chi connectivity index (χ0n) is 17.2. The Balaban J connectivity index is 1.63. The average Bonchev–Trinajstić information content (AvgIpc) is 3.21. The number of ether oxygens (including phenoxy) is 2. The molecule has 1 aromatic heterocycles. The monoisotopic (exact) mass is 406 g/mol. The molecule has 0 aliphatic heterocycles. The second-order valence-corrected chi connectivity index (χ2v) is 7.81. The SMILES string of the molecule is CCCCCCCCCCOCC(Cn1ccnc1)OCc1ccc(Cl)cc1. The van der Waals surface area contributed by atoms with Crippen LogP contribution >= 0.6 is 11.6 Å². The lowest BCUT2D eigenvalue weighted by Gasteiger charge is -2.19. The molecule has 1 heterocycles. The van der Waals surface area contributed by atoms with Gasteiger partial charge in [-0.1, -0.05) is 75.6 Å². The van der Waals surface area contributed by atoms with Crippen molar-refractivity contribution in [2.24, 2.45) is 0 Å². The first-order chi connectivity index (χ1) is 13.8. The Kier molecular flexibility index (Phi) is 12.0. The highest BCUT2D eigenvalue weighted by molar-refractivity contribution is 6.30. The zero-order chi connectivity index (χ0) is 19.9. The number of imidazole rings is 1. The van der Waals surface area contributed by atoms with Crippen molar-refractivity contribution < 1.29 is 9.47 Å². The van der Waals surface area contributed by atoms with E-state index >= 15 is 0 Å². The summed E-state index contributed by atoms with van der Waals surface area (Å²) in [4.78, 5) is 4.11. The number of benzene rings is 1. The quantitative estimate of drug-likeness (QED) is 0.308. The maximum absolute atomic E-state index is 6.11. The van der Waals surface area contributed by atoms with Crippen LogP contribution in [0.5, 0.6) is 0 Å². The van der Waals surface area contributed by atoms with Crippen molar-refractivity contribution in [3.8, 4) is 0 Å². The predicted octanol–water partition coefficient (Wildman–Crippen LogP) is 6.28. The summed E-state index contributed by atoms with van der Waals surface area (Å²) in [5, 5.41) is 0.743. The van der Waals surface area contributed by atoms with E-state index in [1.54, 1.807) is 6.20 Å². The maximum Gasteiger partial charge on any atom is 0.0991 e. The molecule has 0 fully saturated rings. The molecule has 1 atom stereocenters. The van der Waals surface area contributed by atoms with Gasteiger partial charge >= 0.3 is 0 Å². The minimum Gasteiger partial charge on any atom is -0.379 e. The third kappa shape index (κ3) is 10.3. The summed E-state index contributed by atoms with van der Waals surface area (Å²) in [6.45, 7) is 4.96. The van der Waals surface area contributed by atoms with Gasteiger partial charge in [0, 0.05) is 24.0 Å². The van der Waals surface area contributed by atoms with E-state index in [0.717, 1.165) is 30.2 Å². The molecule has 0 radical (unpaired) electrons. The Bertz CT molecular complexity index is 602. The normalized spacial score (nSPS) is 12.4. The Labute approximate surface area is 175 Å². The standard InChI is InChI=1S/C23H35ClN2O2/c1-2-3-4-5-6-7-8-9-16-27-19-23(17-26-15-14-25-20-26)28-18-21-10-12-22(24)13-11-21/h10-15,20,23H,2-9,16-19H2,1H3. The van der Waals surface area contributed by atoms with Crippen molar-refractivity contribution in [1.82, 2.24) is 9.55 Å². The van der Waals surface area contributed by atoms with Gasteiger partial charge < -0.3 is 14.0 Å². The number of halogens is 1. The number of hydrogen-bond acceptors (Lipinski definition) is 3. The molecule has 0 saturated heterocycles. The van der Waals surface area contributed by atoms with Crippen molar-refractivity contribution in [2.45, 2.75) is 77.5 Å². The predicted molar refractivity (Wildman–Crippen MR) is 116 cm³/mol. The molecule has 0 spiro atoms. The molecule has 5 heteroatoms. The second-order valence-electron chi connectivity index (χ2n) is 7.37. The van der Waals surface area contributed by atoms with Crippen LogP contribution in [0.2, 0.25) is 5.02 Å². The molecular formula is C23H35ClN2O2. The highest BCUT2D eigenvalue weighted by Crippen LogP contribution is 2.12. The summed E-state index contributed by atoms with van der Waals surface area (Å²) in [6, 6.07) is 7.78. The molecule has 0 N–H and O–H groups in total. The molecular weight excluding hydrogens is 372 g/mol. The second kappa shape index (κ2) is 14.6. The van der Waals surface area contributed by atoms with Crippen LogP contribution in [0.4, 0.5) is 0 Å². The minimum atomic E-state index is -0.000998. The van der Waals surface area contributed by atoms with Crippen LogP contribution in [0.1, 0.15) is 63.9 Å². The Hall–Kier alpha value is -1.36. The molecule has 1 aromatic carbocycles. The maximum atomic E-state index is 6.11. The fourth-order valence-corrected chi connectivity index (χ4v) is 3.26. The third-order valence-corrected chi connectivity index (χ3v) is 5.07. The number of rotatable bonds is 16. The molecule has 0 aliphatic rings. The molecule has 0 bridgehead atoms. The Morgan fingerprint density at radius 2 is 1.71 bits per heavy atom. The van der Waals surface area contributed by atoms with Crippen LogP contribution in [-0.2, 0) is 22.6 Å². The van der Waals surface area contributed by atoms with Crippen molar-refractivity contribution in [2.75, 3.05) is 13.2 Å². The lowest BCUT2D eigenvalue weighted by Crippen LogP contribution is -2.25. The highest BCUT2D eigenvalue weighted by Gasteiger charge is 2.11. The van der Waals surface area contributed by atoms with Crippen LogP contribution in [0, 0.1) is 0 Å². The minimum absolute atomic E-state index is 0.000998. The van der Waals surface area contributed by atoms with E-state index in [1.807, 2.05) is 41.4 Å². The van der Waals surface area contributed by atoms with E-state index < -0.39 is 0 Å². The topological polar surface area (TPSA) is 36.3 Å². The molecule has 1 unspecified atom stereocenters. The summed E-state index contributed by atoms with van der Waals surface area (Å²) < 4.78 is 14.1. The van der Waals surface area contributed by atoms with Crippen molar-refractivity contribution >= 4 is 11.6 Å².